The third-order valence-electron chi connectivity index (χ3n) is 2.81. The van der Waals surface area contributed by atoms with Crippen molar-refractivity contribution in [2.75, 3.05) is 26.2 Å². The molecule has 1 unspecified atom stereocenters. The molecular formula is C10H21NO2. The lowest BCUT2D eigenvalue weighted by molar-refractivity contribution is 0.0726. The van der Waals surface area contributed by atoms with Crippen molar-refractivity contribution < 1.29 is 10.2 Å². The number of aliphatic hydroxyl groups excluding tert-OH is 2. The Kier molecular flexibility index (Phi) is 4.70. The van der Waals surface area contributed by atoms with Crippen LogP contribution in [0, 0.1) is 5.92 Å². The fraction of sp³-hybridized carbons (Fsp3) is 1.00. The van der Waals surface area contributed by atoms with Crippen LogP contribution in [0.15, 0.2) is 0 Å². The molecule has 0 aromatic heterocycles. The molecule has 0 saturated carbocycles. The van der Waals surface area contributed by atoms with Crippen LogP contribution in [0.2, 0.25) is 0 Å². The summed E-state index contributed by atoms with van der Waals surface area (Å²) in [7, 11) is 0. The van der Waals surface area contributed by atoms with Crippen molar-refractivity contribution in [1.82, 2.24) is 4.90 Å². The predicted molar refractivity (Wildman–Crippen MR) is 52.5 cm³/mol. The summed E-state index contributed by atoms with van der Waals surface area (Å²) in [5.74, 6) is 0.839. The zero-order chi connectivity index (χ0) is 9.68. The summed E-state index contributed by atoms with van der Waals surface area (Å²) in [6.45, 7) is 5.30. The van der Waals surface area contributed by atoms with Gasteiger partial charge in [-0.15, -0.1) is 0 Å². The molecule has 1 saturated heterocycles. The quantitative estimate of drug-likeness (QED) is 0.672. The Balaban J connectivity index is 2.14. The number of aliphatic hydroxyl groups is 2. The van der Waals surface area contributed by atoms with Gasteiger partial charge in [0, 0.05) is 13.2 Å². The standard InChI is InChI=1S/C10H21NO2/c1-9-2-5-11(6-3-9)8-10(13)4-7-12/h9-10,12-13H,2-8H2,1H3. The molecule has 1 atom stereocenters. The van der Waals surface area contributed by atoms with Crippen LogP contribution in [-0.2, 0) is 0 Å². The number of rotatable bonds is 4. The third-order valence-corrected chi connectivity index (χ3v) is 2.81. The van der Waals surface area contributed by atoms with Gasteiger partial charge in [0.1, 0.15) is 0 Å². The maximum Gasteiger partial charge on any atom is 0.0688 e. The van der Waals surface area contributed by atoms with Gasteiger partial charge in [-0.05, 0) is 38.3 Å². The molecule has 3 heteroatoms. The second-order valence-corrected chi connectivity index (χ2v) is 4.15. The minimum absolute atomic E-state index is 0.0887. The van der Waals surface area contributed by atoms with Gasteiger partial charge in [-0.2, -0.15) is 0 Å². The number of hydrogen-bond acceptors (Lipinski definition) is 3. The number of nitrogens with zero attached hydrogens (tertiary/aromatic N) is 1. The van der Waals surface area contributed by atoms with Crippen molar-refractivity contribution in [2.24, 2.45) is 5.92 Å². The number of likely N-dealkylation sites (tertiary alicyclic amines) is 1. The molecule has 0 spiro atoms. The van der Waals surface area contributed by atoms with Crippen LogP contribution in [0.3, 0.4) is 0 Å². The van der Waals surface area contributed by atoms with Gasteiger partial charge in [0.05, 0.1) is 6.10 Å². The molecular weight excluding hydrogens is 166 g/mol. The minimum Gasteiger partial charge on any atom is -0.396 e. The minimum atomic E-state index is -0.349. The highest BCUT2D eigenvalue weighted by Crippen LogP contribution is 2.16. The summed E-state index contributed by atoms with van der Waals surface area (Å²) in [5, 5.41) is 18.1. The molecule has 13 heavy (non-hydrogen) atoms. The summed E-state index contributed by atoms with van der Waals surface area (Å²) < 4.78 is 0. The second kappa shape index (κ2) is 5.58. The first kappa shape index (κ1) is 11.0. The Bertz CT molecular complexity index is 133. The van der Waals surface area contributed by atoms with E-state index < -0.39 is 0 Å². The van der Waals surface area contributed by atoms with Crippen LogP contribution in [-0.4, -0.2) is 47.5 Å². The summed E-state index contributed by atoms with van der Waals surface area (Å²) in [6.07, 6.45) is 2.64. The van der Waals surface area contributed by atoms with Gasteiger partial charge in [-0.25, -0.2) is 0 Å². The Morgan fingerprint density at radius 2 is 2.00 bits per heavy atom. The van der Waals surface area contributed by atoms with E-state index in [1.165, 1.54) is 12.8 Å². The van der Waals surface area contributed by atoms with E-state index in [1.807, 2.05) is 0 Å². The van der Waals surface area contributed by atoms with E-state index in [9.17, 15) is 5.11 Å². The van der Waals surface area contributed by atoms with Crippen LogP contribution in [0.5, 0.6) is 0 Å². The van der Waals surface area contributed by atoms with Gasteiger partial charge < -0.3 is 15.1 Å². The summed E-state index contributed by atoms with van der Waals surface area (Å²) >= 11 is 0. The maximum absolute atomic E-state index is 9.47. The Labute approximate surface area is 80.4 Å². The van der Waals surface area contributed by atoms with Gasteiger partial charge in [0.15, 0.2) is 0 Å². The Morgan fingerprint density at radius 3 is 2.54 bits per heavy atom. The highest BCUT2D eigenvalue weighted by Gasteiger charge is 2.17. The summed E-state index contributed by atoms with van der Waals surface area (Å²) in [6, 6.07) is 0. The molecule has 0 aromatic rings. The molecule has 2 N–H and O–H groups in total. The number of hydrogen-bond donors (Lipinski definition) is 2. The lowest BCUT2D eigenvalue weighted by Crippen LogP contribution is -2.38. The Morgan fingerprint density at radius 1 is 1.38 bits per heavy atom. The van der Waals surface area contributed by atoms with E-state index in [-0.39, 0.29) is 12.7 Å². The highest BCUT2D eigenvalue weighted by atomic mass is 16.3. The SMILES string of the molecule is CC1CCN(CC(O)CCO)CC1. The fourth-order valence-corrected chi connectivity index (χ4v) is 1.78. The fourth-order valence-electron chi connectivity index (χ4n) is 1.78. The van der Waals surface area contributed by atoms with Crippen molar-refractivity contribution in [1.29, 1.82) is 0 Å². The monoisotopic (exact) mass is 187 g/mol. The van der Waals surface area contributed by atoms with Crippen LogP contribution < -0.4 is 0 Å². The molecule has 1 fully saturated rings. The van der Waals surface area contributed by atoms with E-state index in [0.717, 1.165) is 25.6 Å². The number of β-amino-alcohol motifs (C(OH)–C–C–N with tert-alkyl or cyclic N) is 1. The van der Waals surface area contributed by atoms with E-state index in [2.05, 4.69) is 11.8 Å². The van der Waals surface area contributed by atoms with Gasteiger partial charge >= 0.3 is 0 Å². The van der Waals surface area contributed by atoms with Gasteiger partial charge in [-0.3, -0.25) is 0 Å². The molecule has 0 radical (unpaired) electrons. The number of piperidine rings is 1. The Hall–Kier alpha value is -0.120. The van der Waals surface area contributed by atoms with Crippen molar-refractivity contribution >= 4 is 0 Å². The molecule has 1 aliphatic rings. The first-order valence-corrected chi connectivity index (χ1v) is 5.23. The summed E-state index contributed by atoms with van der Waals surface area (Å²) in [5.41, 5.74) is 0. The molecule has 0 amide bonds. The first-order chi connectivity index (χ1) is 6.22. The van der Waals surface area contributed by atoms with Crippen LogP contribution >= 0.6 is 0 Å². The second-order valence-electron chi connectivity index (χ2n) is 4.15. The van der Waals surface area contributed by atoms with E-state index in [4.69, 9.17) is 5.11 Å². The van der Waals surface area contributed by atoms with Gasteiger partial charge in [0.2, 0.25) is 0 Å². The van der Waals surface area contributed by atoms with E-state index >= 15 is 0 Å². The smallest absolute Gasteiger partial charge is 0.0688 e. The zero-order valence-electron chi connectivity index (χ0n) is 8.45. The lowest BCUT2D eigenvalue weighted by atomic mass is 9.99. The molecule has 3 nitrogen and oxygen atoms in total. The van der Waals surface area contributed by atoms with E-state index in [0.29, 0.717) is 6.42 Å². The van der Waals surface area contributed by atoms with Crippen LogP contribution in [0.1, 0.15) is 26.2 Å². The van der Waals surface area contributed by atoms with Crippen molar-refractivity contribution in [2.45, 2.75) is 32.3 Å². The van der Waals surface area contributed by atoms with Crippen molar-refractivity contribution in [3.05, 3.63) is 0 Å². The van der Waals surface area contributed by atoms with Crippen molar-refractivity contribution in [3.8, 4) is 0 Å². The molecule has 78 valence electrons. The molecule has 1 rings (SSSR count). The maximum atomic E-state index is 9.47. The summed E-state index contributed by atoms with van der Waals surface area (Å²) in [4.78, 5) is 2.29. The van der Waals surface area contributed by atoms with Crippen molar-refractivity contribution in [3.63, 3.8) is 0 Å². The molecule has 0 bridgehead atoms. The average molecular weight is 187 g/mol. The topological polar surface area (TPSA) is 43.7 Å². The van der Waals surface area contributed by atoms with Gasteiger partial charge in [-0.1, -0.05) is 6.92 Å². The van der Waals surface area contributed by atoms with Crippen LogP contribution in [0.4, 0.5) is 0 Å². The van der Waals surface area contributed by atoms with Crippen LogP contribution in [0.25, 0.3) is 0 Å². The zero-order valence-corrected chi connectivity index (χ0v) is 8.45. The first-order valence-electron chi connectivity index (χ1n) is 5.23. The normalized spacial score (nSPS) is 23.3. The molecule has 0 aliphatic carbocycles. The molecule has 1 heterocycles. The molecule has 1 aliphatic heterocycles. The largest absolute Gasteiger partial charge is 0.396 e. The lowest BCUT2D eigenvalue weighted by Gasteiger charge is -2.31. The third kappa shape index (κ3) is 4.07. The predicted octanol–water partition coefficient (Wildman–Crippen LogP) is 0.462. The highest BCUT2D eigenvalue weighted by molar-refractivity contribution is 4.71. The van der Waals surface area contributed by atoms with E-state index in [1.54, 1.807) is 0 Å². The van der Waals surface area contributed by atoms with Gasteiger partial charge in [0.25, 0.3) is 0 Å². The molecule has 0 aromatic carbocycles. The average Bonchev–Trinajstić information content (AvgIpc) is 2.09.